The topological polar surface area (TPSA) is 140 Å². The smallest absolute Gasteiger partial charge is 0.250 e. The fraction of sp³-hybridized carbons (Fsp3) is 0.385. The zero-order chi connectivity index (χ0) is 25.2. The van der Waals surface area contributed by atoms with Crippen molar-refractivity contribution in [3.8, 4) is 11.5 Å². The van der Waals surface area contributed by atoms with Gasteiger partial charge in [0, 0.05) is 23.7 Å². The van der Waals surface area contributed by atoms with E-state index in [0.717, 1.165) is 5.56 Å². The van der Waals surface area contributed by atoms with E-state index in [1.807, 2.05) is 25.1 Å². The zero-order valence-electron chi connectivity index (χ0n) is 19.7. The van der Waals surface area contributed by atoms with Crippen molar-refractivity contribution < 1.29 is 28.7 Å². The first-order valence-electron chi connectivity index (χ1n) is 12.1. The minimum absolute atomic E-state index is 0.0318. The van der Waals surface area contributed by atoms with Gasteiger partial charge in [0.15, 0.2) is 11.5 Å². The Bertz CT molecular complexity index is 1330. The van der Waals surface area contributed by atoms with E-state index in [0.29, 0.717) is 34.7 Å². The highest BCUT2D eigenvalue weighted by molar-refractivity contribution is 6.15. The summed E-state index contributed by atoms with van der Waals surface area (Å²) in [6, 6.07) is 10.3. The molecular formula is C26H26N4O6. The first-order chi connectivity index (χ1) is 17.3. The highest BCUT2D eigenvalue weighted by Crippen LogP contribution is 2.54. The first kappa shape index (κ1) is 22.5. The van der Waals surface area contributed by atoms with E-state index in [1.165, 1.54) is 4.90 Å². The molecule has 0 aliphatic carbocycles. The van der Waals surface area contributed by atoms with Gasteiger partial charge >= 0.3 is 0 Å². The number of rotatable bonds is 6. The van der Waals surface area contributed by atoms with Gasteiger partial charge in [0.05, 0.1) is 18.4 Å². The van der Waals surface area contributed by atoms with Crippen molar-refractivity contribution >= 4 is 29.3 Å². The van der Waals surface area contributed by atoms with Crippen molar-refractivity contribution in [3.63, 3.8) is 0 Å². The SMILES string of the molecule is CCc1cccc2c1NC(=O)[C@@]21N[C@@H](CCC(N)=O)[C@H]2C(=O)N(Cc3ccc4c(c3)OCO4)C(=O)[C@@H]21. The summed E-state index contributed by atoms with van der Waals surface area (Å²) in [5.41, 5.74) is 7.00. The van der Waals surface area contributed by atoms with Gasteiger partial charge in [-0.25, -0.2) is 0 Å². The number of anilines is 1. The number of primary amides is 1. The average Bonchev–Trinajstić information content (AvgIpc) is 3.59. The molecule has 2 fully saturated rings. The third kappa shape index (κ3) is 3.07. The molecule has 0 aromatic heterocycles. The Labute approximate surface area is 207 Å². The number of likely N-dealkylation sites (tertiary alicyclic amines) is 1. The number of benzene rings is 2. The minimum Gasteiger partial charge on any atom is -0.454 e. The molecule has 0 bridgehead atoms. The van der Waals surface area contributed by atoms with Crippen LogP contribution in [0.4, 0.5) is 5.69 Å². The fourth-order valence-electron chi connectivity index (χ4n) is 6.17. The maximum atomic E-state index is 13.9. The molecule has 6 rings (SSSR count). The first-order valence-corrected chi connectivity index (χ1v) is 12.1. The molecule has 10 nitrogen and oxygen atoms in total. The second kappa shape index (κ2) is 8.06. The van der Waals surface area contributed by atoms with E-state index in [2.05, 4.69) is 10.6 Å². The van der Waals surface area contributed by atoms with Gasteiger partial charge in [0.1, 0.15) is 5.54 Å². The molecule has 2 aromatic rings. The van der Waals surface area contributed by atoms with Crippen LogP contribution in [0.5, 0.6) is 11.5 Å². The van der Waals surface area contributed by atoms with E-state index in [-0.39, 0.29) is 38.0 Å². The van der Waals surface area contributed by atoms with Gasteiger partial charge in [0.2, 0.25) is 30.4 Å². The van der Waals surface area contributed by atoms with Crippen LogP contribution in [-0.2, 0) is 37.7 Å². The van der Waals surface area contributed by atoms with Crippen molar-refractivity contribution in [3.05, 3.63) is 53.1 Å². The van der Waals surface area contributed by atoms with Gasteiger partial charge in [-0.2, -0.15) is 0 Å². The van der Waals surface area contributed by atoms with Crippen LogP contribution in [-0.4, -0.2) is 41.4 Å². The quantitative estimate of drug-likeness (QED) is 0.516. The van der Waals surface area contributed by atoms with Gasteiger partial charge in [-0.3, -0.25) is 29.4 Å². The van der Waals surface area contributed by atoms with E-state index in [1.54, 1.807) is 18.2 Å². The lowest BCUT2D eigenvalue weighted by atomic mass is 9.76. The molecule has 2 saturated heterocycles. The number of imide groups is 1. The number of carbonyl (C=O) groups is 4. The van der Waals surface area contributed by atoms with Gasteiger partial charge in [-0.1, -0.05) is 31.2 Å². The Morgan fingerprint density at radius 2 is 1.94 bits per heavy atom. The van der Waals surface area contributed by atoms with Gasteiger partial charge in [0.25, 0.3) is 0 Å². The molecule has 0 radical (unpaired) electrons. The summed E-state index contributed by atoms with van der Waals surface area (Å²) < 4.78 is 10.8. The van der Waals surface area contributed by atoms with Crippen molar-refractivity contribution in [1.29, 1.82) is 0 Å². The van der Waals surface area contributed by atoms with E-state index in [4.69, 9.17) is 15.2 Å². The number of hydrogen-bond acceptors (Lipinski definition) is 7. The van der Waals surface area contributed by atoms with Crippen LogP contribution in [0, 0.1) is 11.8 Å². The normalized spacial score (nSPS) is 27.5. The molecule has 4 atom stereocenters. The maximum Gasteiger partial charge on any atom is 0.250 e. The monoisotopic (exact) mass is 490 g/mol. The number of fused-ring (bicyclic) bond motifs is 5. The predicted molar refractivity (Wildman–Crippen MR) is 127 cm³/mol. The predicted octanol–water partition coefficient (Wildman–Crippen LogP) is 1.16. The average molecular weight is 491 g/mol. The number of nitrogens with two attached hydrogens (primary N) is 1. The molecule has 36 heavy (non-hydrogen) atoms. The van der Waals surface area contributed by atoms with E-state index >= 15 is 0 Å². The van der Waals surface area contributed by atoms with Gasteiger partial charge in [-0.15, -0.1) is 0 Å². The van der Waals surface area contributed by atoms with Crippen molar-refractivity contribution in [2.75, 3.05) is 12.1 Å². The van der Waals surface area contributed by atoms with Crippen molar-refractivity contribution in [2.45, 2.75) is 44.3 Å². The number of carbonyl (C=O) groups excluding carboxylic acids is 4. The molecule has 4 heterocycles. The van der Waals surface area contributed by atoms with Gasteiger partial charge < -0.3 is 20.5 Å². The number of ether oxygens (including phenoxy) is 2. The summed E-state index contributed by atoms with van der Waals surface area (Å²) in [5.74, 6) is -2.22. The Hall–Kier alpha value is -3.92. The highest BCUT2D eigenvalue weighted by atomic mass is 16.7. The second-order valence-corrected chi connectivity index (χ2v) is 9.66. The molecule has 0 saturated carbocycles. The molecule has 0 unspecified atom stereocenters. The van der Waals surface area contributed by atoms with E-state index < -0.39 is 35.2 Å². The van der Waals surface area contributed by atoms with Crippen molar-refractivity contribution in [2.24, 2.45) is 17.6 Å². The molecule has 186 valence electrons. The Kier molecular flexibility index (Phi) is 5.04. The van der Waals surface area contributed by atoms with Crippen LogP contribution >= 0.6 is 0 Å². The third-order valence-electron chi connectivity index (χ3n) is 7.79. The molecule has 4 amide bonds. The summed E-state index contributed by atoms with van der Waals surface area (Å²) >= 11 is 0. The molecule has 4 N–H and O–H groups in total. The summed E-state index contributed by atoms with van der Waals surface area (Å²) in [6.07, 6.45) is 0.969. The largest absolute Gasteiger partial charge is 0.454 e. The number of amides is 4. The molecule has 10 heteroatoms. The molecule has 4 aliphatic rings. The van der Waals surface area contributed by atoms with Crippen LogP contribution in [0.3, 0.4) is 0 Å². The van der Waals surface area contributed by atoms with Crippen LogP contribution in [0.1, 0.15) is 36.5 Å². The molecular weight excluding hydrogens is 464 g/mol. The van der Waals surface area contributed by atoms with E-state index in [9.17, 15) is 19.2 Å². The number of nitrogens with zero attached hydrogens (tertiary/aromatic N) is 1. The Morgan fingerprint density at radius 1 is 1.14 bits per heavy atom. The van der Waals surface area contributed by atoms with Crippen LogP contribution in [0.2, 0.25) is 0 Å². The highest BCUT2D eigenvalue weighted by Gasteiger charge is 2.70. The standard InChI is InChI=1S/C26H26N4O6/c1-2-14-4-3-5-15-22(14)28-25(34)26(15)21-20(16(29-26)7-9-19(27)31)23(32)30(24(21)33)11-13-6-8-17-18(10-13)36-12-35-17/h3-6,8,10,16,20-21,29H,2,7,9,11-12H2,1H3,(H2,27,31)(H,28,34)/t16-,20+,21+,26+/m0/s1. The summed E-state index contributed by atoms with van der Waals surface area (Å²) in [5, 5.41) is 6.31. The molecule has 2 aromatic carbocycles. The third-order valence-corrected chi connectivity index (χ3v) is 7.79. The molecule has 4 aliphatic heterocycles. The summed E-state index contributed by atoms with van der Waals surface area (Å²) in [7, 11) is 0. The summed E-state index contributed by atoms with van der Waals surface area (Å²) in [6.45, 7) is 2.16. The van der Waals surface area contributed by atoms with Crippen LogP contribution in [0.15, 0.2) is 36.4 Å². The second-order valence-electron chi connectivity index (χ2n) is 9.66. The lowest BCUT2D eigenvalue weighted by Crippen LogP contribution is -2.53. The number of hydrogen-bond donors (Lipinski definition) is 3. The van der Waals surface area contributed by atoms with Crippen LogP contribution < -0.4 is 25.8 Å². The van der Waals surface area contributed by atoms with Crippen LogP contribution in [0.25, 0.3) is 0 Å². The lowest BCUT2D eigenvalue weighted by molar-refractivity contribution is -0.143. The van der Waals surface area contributed by atoms with Gasteiger partial charge in [-0.05, 0) is 36.1 Å². The number of nitrogens with one attached hydrogen (secondary N) is 2. The Balaban J connectivity index is 1.41. The maximum absolute atomic E-state index is 13.9. The molecule has 1 spiro atoms. The Morgan fingerprint density at radius 3 is 2.72 bits per heavy atom. The minimum atomic E-state index is -1.40. The van der Waals surface area contributed by atoms with Crippen molar-refractivity contribution in [1.82, 2.24) is 10.2 Å². The summed E-state index contributed by atoms with van der Waals surface area (Å²) in [4.78, 5) is 54.1. The number of aryl methyl sites for hydroxylation is 1. The lowest BCUT2D eigenvalue weighted by Gasteiger charge is -2.29. The fourth-order valence-corrected chi connectivity index (χ4v) is 6.17. The number of para-hydroxylation sites is 1. The zero-order valence-corrected chi connectivity index (χ0v) is 19.7.